The van der Waals surface area contributed by atoms with E-state index < -0.39 is 6.04 Å². The summed E-state index contributed by atoms with van der Waals surface area (Å²) in [5, 5.41) is 2.90. The molecular formula is C20H27N5O2. The van der Waals surface area contributed by atoms with Gasteiger partial charge in [-0.05, 0) is 18.9 Å². The summed E-state index contributed by atoms with van der Waals surface area (Å²) in [6.45, 7) is 3.92. The van der Waals surface area contributed by atoms with Crippen LogP contribution in [0.5, 0.6) is 0 Å². The molecule has 144 valence electrons. The van der Waals surface area contributed by atoms with Crippen LogP contribution in [0, 0.1) is 0 Å². The van der Waals surface area contributed by atoms with E-state index in [4.69, 9.17) is 5.73 Å². The van der Waals surface area contributed by atoms with E-state index in [0.29, 0.717) is 19.4 Å². The van der Waals surface area contributed by atoms with Gasteiger partial charge in [0, 0.05) is 44.7 Å². The second-order valence-electron chi connectivity index (χ2n) is 7.19. The molecule has 1 aliphatic rings. The first-order chi connectivity index (χ1) is 13.0. The number of likely N-dealkylation sites (tertiary alicyclic amines) is 1. The van der Waals surface area contributed by atoms with Crippen molar-refractivity contribution < 1.29 is 9.59 Å². The van der Waals surface area contributed by atoms with Gasteiger partial charge in [0.1, 0.15) is 0 Å². The molecule has 1 aliphatic heterocycles. The summed E-state index contributed by atoms with van der Waals surface area (Å²) in [5.74, 6) is -0.0592. The Hall–Kier alpha value is -2.67. The first-order valence-corrected chi connectivity index (χ1v) is 9.39. The molecule has 0 radical (unpaired) electrons. The van der Waals surface area contributed by atoms with E-state index in [-0.39, 0.29) is 17.9 Å². The van der Waals surface area contributed by atoms with Crippen molar-refractivity contribution in [2.75, 3.05) is 13.1 Å². The first-order valence-electron chi connectivity index (χ1n) is 9.39. The Bertz CT molecular complexity index is 774. The van der Waals surface area contributed by atoms with E-state index in [1.54, 1.807) is 11.2 Å². The minimum absolute atomic E-state index is 0.124. The highest BCUT2D eigenvalue weighted by Gasteiger charge is 2.23. The number of nitrogens with two attached hydrogens (primary N) is 1. The molecular weight excluding hydrogens is 342 g/mol. The van der Waals surface area contributed by atoms with Crippen LogP contribution in [-0.4, -0.2) is 51.4 Å². The third-order valence-corrected chi connectivity index (χ3v) is 4.71. The lowest BCUT2D eigenvalue weighted by molar-refractivity contribution is -0.129. The molecule has 3 rings (SSSR count). The van der Waals surface area contributed by atoms with E-state index in [0.717, 1.165) is 25.2 Å². The molecule has 7 heteroatoms. The average molecular weight is 369 g/mol. The SMILES string of the molecule is CC(CN1CCCC1=O)NC(=O)[C@@H](N)Cc1cn(Cc2ccccc2)cn1. The lowest BCUT2D eigenvalue weighted by Crippen LogP contribution is -2.49. The molecule has 2 heterocycles. The molecule has 0 bridgehead atoms. The number of nitrogens with one attached hydrogen (secondary N) is 1. The van der Waals surface area contributed by atoms with Crippen LogP contribution in [0.1, 0.15) is 31.0 Å². The summed E-state index contributed by atoms with van der Waals surface area (Å²) >= 11 is 0. The van der Waals surface area contributed by atoms with Crippen LogP contribution in [0.3, 0.4) is 0 Å². The van der Waals surface area contributed by atoms with Gasteiger partial charge in [-0.15, -0.1) is 0 Å². The van der Waals surface area contributed by atoms with Gasteiger partial charge in [0.05, 0.1) is 18.1 Å². The van der Waals surface area contributed by atoms with Crippen LogP contribution in [0.25, 0.3) is 0 Å². The minimum atomic E-state index is -0.665. The number of benzene rings is 1. The molecule has 7 nitrogen and oxygen atoms in total. The van der Waals surface area contributed by atoms with Crippen molar-refractivity contribution in [3.05, 3.63) is 54.1 Å². The second kappa shape index (κ2) is 8.81. The third kappa shape index (κ3) is 5.40. The van der Waals surface area contributed by atoms with Gasteiger partial charge in [-0.1, -0.05) is 30.3 Å². The summed E-state index contributed by atoms with van der Waals surface area (Å²) in [5.41, 5.74) is 8.03. The molecule has 1 aromatic heterocycles. The molecule has 1 saturated heterocycles. The van der Waals surface area contributed by atoms with Gasteiger partial charge in [0.25, 0.3) is 0 Å². The molecule has 1 fully saturated rings. The number of carbonyl (C=O) groups excluding carboxylic acids is 2. The number of aromatic nitrogens is 2. The summed E-state index contributed by atoms with van der Waals surface area (Å²) in [4.78, 5) is 30.2. The van der Waals surface area contributed by atoms with Crippen LogP contribution in [-0.2, 0) is 22.6 Å². The Morgan fingerprint density at radius 3 is 2.81 bits per heavy atom. The highest BCUT2D eigenvalue weighted by Crippen LogP contribution is 2.10. The van der Waals surface area contributed by atoms with Crippen LogP contribution >= 0.6 is 0 Å². The van der Waals surface area contributed by atoms with Crippen molar-refractivity contribution in [1.29, 1.82) is 0 Å². The van der Waals surface area contributed by atoms with Gasteiger partial charge in [0.2, 0.25) is 11.8 Å². The molecule has 2 amide bonds. The number of hydrogen-bond donors (Lipinski definition) is 2. The maximum Gasteiger partial charge on any atom is 0.237 e. The Labute approximate surface area is 159 Å². The summed E-state index contributed by atoms with van der Waals surface area (Å²) in [7, 11) is 0. The molecule has 1 aromatic carbocycles. The van der Waals surface area contributed by atoms with Gasteiger partial charge in [-0.2, -0.15) is 0 Å². The molecule has 2 atom stereocenters. The summed E-state index contributed by atoms with van der Waals surface area (Å²) in [6.07, 6.45) is 5.56. The molecule has 2 aromatic rings. The number of imidazole rings is 1. The fourth-order valence-electron chi connectivity index (χ4n) is 3.33. The standard InChI is InChI=1S/C20H27N5O2/c1-15(11-25-9-5-8-19(25)26)23-20(27)18(21)10-17-13-24(14-22-17)12-16-6-3-2-4-7-16/h2-4,6-7,13-15,18H,5,8-12,21H2,1H3,(H,23,27)/t15?,18-/m0/s1. The van der Waals surface area contributed by atoms with Crippen molar-refractivity contribution >= 4 is 11.8 Å². The Balaban J connectivity index is 1.47. The molecule has 27 heavy (non-hydrogen) atoms. The van der Waals surface area contributed by atoms with Gasteiger partial charge in [-0.3, -0.25) is 9.59 Å². The van der Waals surface area contributed by atoms with Crippen molar-refractivity contribution in [3.8, 4) is 0 Å². The maximum absolute atomic E-state index is 12.3. The normalized spacial score (nSPS) is 16.4. The van der Waals surface area contributed by atoms with Crippen LogP contribution < -0.4 is 11.1 Å². The predicted molar refractivity (Wildman–Crippen MR) is 103 cm³/mol. The topological polar surface area (TPSA) is 93.3 Å². The van der Waals surface area contributed by atoms with Crippen molar-refractivity contribution in [2.24, 2.45) is 5.73 Å². The predicted octanol–water partition coefficient (Wildman–Crippen LogP) is 0.928. The van der Waals surface area contributed by atoms with E-state index in [1.807, 2.05) is 35.9 Å². The average Bonchev–Trinajstić information content (AvgIpc) is 3.25. The van der Waals surface area contributed by atoms with E-state index in [2.05, 4.69) is 22.4 Å². The van der Waals surface area contributed by atoms with Gasteiger partial charge in [0.15, 0.2) is 0 Å². The van der Waals surface area contributed by atoms with Gasteiger partial charge < -0.3 is 20.5 Å². The lowest BCUT2D eigenvalue weighted by Gasteiger charge is -2.23. The van der Waals surface area contributed by atoms with Gasteiger partial charge >= 0.3 is 0 Å². The maximum atomic E-state index is 12.3. The number of carbonyl (C=O) groups is 2. The fraction of sp³-hybridized carbons (Fsp3) is 0.450. The van der Waals surface area contributed by atoms with Crippen molar-refractivity contribution in [3.63, 3.8) is 0 Å². The minimum Gasteiger partial charge on any atom is -0.351 e. The number of rotatable bonds is 8. The molecule has 1 unspecified atom stereocenters. The van der Waals surface area contributed by atoms with Crippen LogP contribution in [0.4, 0.5) is 0 Å². The second-order valence-corrected chi connectivity index (χ2v) is 7.19. The van der Waals surface area contributed by atoms with E-state index in [9.17, 15) is 9.59 Å². The largest absolute Gasteiger partial charge is 0.351 e. The quantitative estimate of drug-likeness (QED) is 0.724. The van der Waals surface area contributed by atoms with Crippen molar-refractivity contribution in [2.45, 2.75) is 44.8 Å². The highest BCUT2D eigenvalue weighted by molar-refractivity contribution is 5.82. The zero-order valence-electron chi connectivity index (χ0n) is 15.7. The number of nitrogens with zero attached hydrogens (tertiary/aromatic N) is 3. The Morgan fingerprint density at radius 2 is 2.11 bits per heavy atom. The van der Waals surface area contributed by atoms with Crippen molar-refractivity contribution in [1.82, 2.24) is 19.8 Å². The fourth-order valence-corrected chi connectivity index (χ4v) is 3.33. The highest BCUT2D eigenvalue weighted by atomic mass is 16.2. The monoisotopic (exact) mass is 369 g/mol. The molecule has 3 N–H and O–H groups in total. The third-order valence-electron chi connectivity index (χ3n) is 4.71. The van der Waals surface area contributed by atoms with Gasteiger partial charge in [-0.25, -0.2) is 4.98 Å². The smallest absolute Gasteiger partial charge is 0.237 e. The Morgan fingerprint density at radius 1 is 1.33 bits per heavy atom. The molecule has 0 saturated carbocycles. The molecule has 0 spiro atoms. The zero-order valence-corrected chi connectivity index (χ0v) is 15.7. The van der Waals surface area contributed by atoms with E-state index in [1.165, 1.54) is 5.56 Å². The zero-order chi connectivity index (χ0) is 19.2. The van der Waals surface area contributed by atoms with E-state index >= 15 is 0 Å². The lowest BCUT2D eigenvalue weighted by atomic mass is 10.1. The number of hydrogen-bond acceptors (Lipinski definition) is 4. The van der Waals surface area contributed by atoms with Crippen LogP contribution in [0.2, 0.25) is 0 Å². The first kappa shape index (κ1) is 19.1. The summed E-state index contributed by atoms with van der Waals surface area (Å²) < 4.78 is 1.98. The summed E-state index contributed by atoms with van der Waals surface area (Å²) in [6, 6.07) is 9.33. The molecule has 0 aliphatic carbocycles. The Kier molecular flexibility index (Phi) is 6.24. The van der Waals surface area contributed by atoms with Crippen LogP contribution in [0.15, 0.2) is 42.9 Å². The number of amides is 2.